The number of hydrogen-bond acceptors (Lipinski definition) is 3. The van der Waals surface area contributed by atoms with Crippen molar-refractivity contribution in [2.24, 2.45) is 0 Å². The van der Waals surface area contributed by atoms with E-state index in [1.54, 1.807) is 54.4 Å². The smallest absolute Gasteiger partial charge is 0.304 e. The van der Waals surface area contributed by atoms with Gasteiger partial charge in [0.25, 0.3) is 5.91 Å². The van der Waals surface area contributed by atoms with E-state index in [4.69, 9.17) is 4.74 Å². The van der Waals surface area contributed by atoms with Crippen LogP contribution in [0.3, 0.4) is 0 Å². The summed E-state index contributed by atoms with van der Waals surface area (Å²) in [5.74, 6) is -0.347. The standard InChI is InChI=1S/C25H22FN3O3/c1-16-3-7-19(8-4-16)24(30)27-22-23(18-9-13-21(32-2)14-10-18)29(28-25(22)31)15-17-5-11-20(26)12-6-17/h3-15,22-23H,1-2H3,(H-,27,28,30,31)/p+1/b29-15-/t22-,23-/m0/s1. The van der Waals surface area contributed by atoms with Crippen molar-refractivity contribution >= 4 is 18.0 Å². The van der Waals surface area contributed by atoms with Gasteiger partial charge in [0.05, 0.1) is 7.11 Å². The Bertz CT molecular complexity index is 1160. The summed E-state index contributed by atoms with van der Waals surface area (Å²) in [4.78, 5) is 25.7. The number of methoxy groups -OCH3 is 1. The minimum absolute atomic E-state index is 0.340. The zero-order valence-corrected chi connectivity index (χ0v) is 17.7. The number of nitrogens with zero attached hydrogens (tertiary/aromatic N) is 1. The van der Waals surface area contributed by atoms with Gasteiger partial charge in [-0.15, -0.1) is 10.1 Å². The number of hydrogen-bond donors (Lipinski definition) is 2. The highest BCUT2D eigenvalue weighted by atomic mass is 19.1. The molecule has 0 bridgehead atoms. The first-order valence-corrected chi connectivity index (χ1v) is 10.2. The van der Waals surface area contributed by atoms with E-state index in [1.807, 2.05) is 31.2 Å². The van der Waals surface area contributed by atoms with Gasteiger partial charge in [-0.1, -0.05) is 17.7 Å². The molecule has 1 heterocycles. The van der Waals surface area contributed by atoms with Gasteiger partial charge in [0.15, 0.2) is 6.04 Å². The number of ether oxygens (including phenoxy) is 1. The second-order valence-electron chi connectivity index (χ2n) is 7.60. The molecule has 2 atom stereocenters. The normalized spacial score (nSPS) is 19.0. The van der Waals surface area contributed by atoms with Crippen molar-refractivity contribution < 1.29 is 23.4 Å². The van der Waals surface area contributed by atoms with Crippen molar-refractivity contribution in [2.45, 2.75) is 19.0 Å². The number of nitrogens with one attached hydrogen (secondary N) is 2. The molecule has 0 unspecified atom stereocenters. The van der Waals surface area contributed by atoms with Crippen molar-refractivity contribution in [1.82, 2.24) is 10.7 Å². The molecular weight excluding hydrogens is 409 g/mol. The number of rotatable bonds is 5. The summed E-state index contributed by atoms with van der Waals surface area (Å²) in [5, 5.41) is 2.86. The highest BCUT2D eigenvalue weighted by Gasteiger charge is 2.47. The molecule has 3 aromatic rings. The molecule has 1 saturated heterocycles. The second kappa shape index (κ2) is 9.01. The van der Waals surface area contributed by atoms with Crippen LogP contribution in [0.15, 0.2) is 72.8 Å². The number of hydrazine groups is 1. The lowest BCUT2D eigenvalue weighted by Crippen LogP contribution is -2.42. The quantitative estimate of drug-likeness (QED) is 0.609. The van der Waals surface area contributed by atoms with Crippen LogP contribution in [-0.4, -0.2) is 35.9 Å². The van der Waals surface area contributed by atoms with Gasteiger partial charge in [-0.25, -0.2) is 4.39 Å². The van der Waals surface area contributed by atoms with Crippen LogP contribution in [-0.2, 0) is 4.79 Å². The lowest BCUT2D eigenvalue weighted by Gasteiger charge is -2.15. The van der Waals surface area contributed by atoms with Gasteiger partial charge < -0.3 is 10.1 Å². The number of amides is 2. The van der Waals surface area contributed by atoms with Crippen LogP contribution in [0.1, 0.15) is 33.1 Å². The zero-order chi connectivity index (χ0) is 22.7. The van der Waals surface area contributed by atoms with E-state index in [0.717, 1.165) is 11.1 Å². The molecular formula is C25H23FN3O3+. The van der Waals surface area contributed by atoms with Crippen molar-refractivity contribution in [3.05, 3.63) is 101 Å². The van der Waals surface area contributed by atoms with Crippen LogP contribution < -0.4 is 15.5 Å². The third-order valence-electron chi connectivity index (χ3n) is 5.35. The summed E-state index contributed by atoms with van der Waals surface area (Å²) in [7, 11) is 1.58. The van der Waals surface area contributed by atoms with Crippen molar-refractivity contribution in [1.29, 1.82) is 0 Å². The highest BCUT2D eigenvalue weighted by Crippen LogP contribution is 2.27. The Balaban J connectivity index is 1.69. The van der Waals surface area contributed by atoms with Gasteiger partial charge in [0.1, 0.15) is 11.6 Å². The number of carbonyl (C=O) groups is 2. The predicted octanol–water partition coefficient (Wildman–Crippen LogP) is 3.16. The Morgan fingerprint density at radius 3 is 2.31 bits per heavy atom. The molecule has 162 valence electrons. The van der Waals surface area contributed by atoms with Crippen LogP contribution in [0.2, 0.25) is 0 Å². The first kappa shape index (κ1) is 21.2. The Hall–Kier alpha value is -4.00. The molecule has 2 N–H and O–H groups in total. The van der Waals surface area contributed by atoms with Gasteiger partial charge in [-0.3, -0.25) is 9.59 Å². The summed E-state index contributed by atoms with van der Waals surface area (Å²) < 4.78 is 20.2. The van der Waals surface area contributed by atoms with E-state index in [9.17, 15) is 14.0 Å². The molecule has 0 aliphatic carbocycles. The Labute approximate surface area is 185 Å². The lowest BCUT2D eigenvalue weighted by atomic mass is 9.99. The largest absolute Gasteiger partial charge is 0.497 e. The second-order valence-corrected chi connectivity index (χ2v) is 7.60. The number of halogens is 1. The third kappa shape index (κ3) is 4.51. The molecule has 1 aliphatic rings. The van der Waals surface area contributed by atoms with Crippen LogP contribution >= 0.6 is 0 Å². The highest BCUT2D eigenvalue weighted by molar-refractivity contribution is 5.98. The van der Waals surface area contributed by atoms with Crippen molar-refractivity contribution in [2.75, 3.05) is 7.11 Å². The van der Waals surface area contributed by atoms with Gasteiger partial charge >= 0.3 is 5.91 Å². The molecule has 7 heteroatoms. The fourth-order valence-electron chi connectivity index (χ4n) is 3.62. The lowest BCUT2D eigenvalue weighted by molar-refractivity contribution is -0.596. The molecule has 1 fully saturated rings. The van der Waals surface area contributed by atoms with Crippen LogP contribution in [0.5, 0.6) is 5.75 Å². The Morgan fingerprint density at radius 1 is 1.03 bits per heavy atom. The monoisotopic (exact) mass is 432 g/mol. The molecule has 4 rings (SSSR count). The molecule has 6 nitrogen and oxygen atoms in total. The number of aryl methyl sites for hydroxylation is 1. The zero-order valence-electron chi connectivity index (χ0n) is 17.7. The molecule has 0 spiro atoms. The molecule has 3 aromatic carbocycles. The first-order valence-electron chi connectivity index (χ1n) is 10.2. The van der Waals surface area contributed by atoms with E-state index in [0.29, 0.717) is 16.9 Å². The number of carbonyl (C=O) groups excluding carboxylic acids is 2. The average molecular weight is 432 g/mol. The fraction of sp³-hybridized carbons (Fsp3) is 0.160. The molecule has 0 aromatic heterocycles. The van der Waals surface area contributed by atoms with Crippen LogP contribution in [0.4, 0.5) is 4.39 Å². The van der Waals surface area contributed by atoms with E-state index in [-0.39, 0.29) is 17.6 Å². The van der Waals surface area contributed by atoms with E-state index < -0.39 is 12.1 Å². The maximum atomic E-state index is 13.3. The molecule has 0 radical (unpaired) electrons. The van der Waals surface area contributed by atoms with Gasteiger partial charge in [-0.05, 0) is 67.6 Å². The maximum absolute atomic E-state index is 13.3. The van der Waals surface area contributed by atoms with Crippen molar-refractivity contribution in [3.8, 4) is 5.75 Å². The van der Waals surface area contributed by atoms with Gasteiger partial charge in [0.2, 0.25) is 12.3 Å². The summed E-state index contributed by atoms with van der Waals surface area (Å²) in [6.45, 7) is 1.94. The van der Waals surface area contributed by atoms with E-state index >= 15 is 0 Å². The van der Waals surface area contributed by atoms with E-state index in [2.05, 4.69) is 10.7 Å². The summed E-state index contributed by atoms with van der Waals surface area (Å²) >= 11 is 0. The van der Waals surface area contributed by atoms with Gasteiger partial charge in [-0.2, -0.15) is 0 Å². The molecule has 32 heavy (non-hydrogen) atoms. The Kier molecular flexibility index (Phi) is 5.98. The SMILES string of the molecule is COc1ccc([C@H]2[C@H](NC(=O)c3ccc(C)cc3)C(=O)N/[N+]2=C\c2ccc(F)cc2)cc1. The number of hydrazone groups is 1. The average Bonchev–Trinajstić information content (AvgIpc) is 3.10. The minimum atomic E-state index is -0.839. The summed E-state index contributed by atoms with van der Waals surface area (Å²) in [6.07, 6.45) is 1.71. The molecule has 2 amide bonds. The predicted molar refractivity (Wildman–Crippen MR) is 118 cm³/mol. The van der Waals surface area contributed by atoms with Crippen molar-refractivity contribution in [3.63, 3.8) is 0 Å². The summed E-state index contributed by atoms with van der Waals surface area (Å²) in [6, 6.07) is 19.0. The van der Waals surface area contributed by atoms with Crippen LogP contribution in [0.25, 0.3) is 0 Å². The maximum Gasteiger partial charge on any atom is 0.304 e. The van der Waals surface area contributed by atoms with Crippen LogP contribution in [0, 0.1) is 12.7 Å². The van der Waals surface area contributed by atoms with E-state index in [1.165, 1.54) is 12.1 Å². The fourth-order valence-corrected chi connectivity index (χ4v) is 3.62. The third-order valence-corrected chi connectivity index (χ3v) is 5.35. The molecule has 0 saturated carbocycles. The van der Waals surface area contributed by atoms with Gasteiger partial charge in [0, 0.05) is 16.7 Å². The number of benzene rings is 3. The minimum Gasteiger partial charge on any atom is -0.497 e. The topological polar surface area (TPSA) is 70.4 Å². The molecule has 1 aliphatic heterocycles. The Morgan fingerprint density at radius 2 is 1.69 bits per heavy atom. The summed E-state index contributed by atoms with van der Waals surface area (Å²) in [5.41, 5.74) is 5.82. The first-order chi connectivity index (χ1) is 15.4.